The summed E-state index contributed by atoms with van der Waals surface area (Å²) in [4.78, 5) is 0. The van der Waals surface area contributed by atoms with Gasteiger partial charge in [-0.15, -0.1) is 0 Å². The van der Waals surface area contributed by atoms with Crippen LogP contribution in [0.1, 0.15) is 51.2 Å². The largest absolute Gasteiger partial charge is 0.748 e. The molecular weight excluding hydrogens is 456 g/mol. The van der Waals surface area contributed by atoms with E-state index in [1.807, 2.05) is 0 Å². The lowest BCUT2D eigenvalue weighted by molar-refractivity contribution is -0.677. The van der Waals surface area contributed by atoms with Gasteiger partial charge < -0.3 is 9.11 Å². The van der Waals surface area contributed by atoms with E-state index in [4.69, 9.17) is 0 Å². The second-order valence-corrected chi connectivity index (χ2v) is 10.6. The Labute approximate surface area is 193 Å². The van der Waals surface area contributed by atoms with E-state index < -0.39 is 31.7 Å². The number of rotatable bonds is 9. The molecule has 0 amide bonds. The quantitative estimate of drug-likeness (QED) is 0.376. The van der Waals surface area contributed by atoms with Crippen molar-refractivity contribution in [2.45, 2.75) is 66.5 Å². The SMILES string of the molecule is CCCCn1cc[n+](C)c1C.CCCCn1cc[n+](C)c1C.O=S(=O)([O-])CCS(=O)(=O)[O-]. The predicted molar refractivity (Wildman–Crippen MR) is 120 cm³/mol. The summed E-state index contributed by atoms with van der Waals surface area (Å²) in [5.74, 6) is 0.356. The molecular formula is C20H38N4O6S2. The number of aryl methyl sites for hydroxylation is 4. The Bertz CT molecular complexity index is 929. The second kappa shape index (κ2) is 14.4. The van der Waals surface area contributed by atoms with E-state index in [9.17, 15) is 25.9 Å². The van der Waals surface area contributed by atoms with Gasteiger partial charge in [0.2, 0.25) is 0 Å². The minimum Gasteiger partial charge on any atom is -0.748 e. The summed E-state index contributed by atoms with van der Waals surface area (Å²) in [6.45, 7) is 11.1. The molecule has 0 unspecified atom stereocenters. The molecule has 0 saturated carbocycles. The fraction of sp³-hybridized carbons (Fsp3) is 0.700. The van der Waals surface area contributed by atoms with Crippen LogP contribution in [0.4, 0.5) is 0 Å². The van der Waals surface area contributed by atoms with Gasteiger partial charge in [0, 0.05) is 13.8 Å². The average Bonchev–Trinajstić information content (AvgIpc) is 3.19. The Hall–Kier alpha value is -1.76. The summed E-state index contributed by atoms with van der Waals surface area (Å²) in [5, 5.41) is 0. The fourth-order valence-corrected chi connectivity index (χ4v) is 4.16. The smallest absolute Gasteiger partial charge is 0.253 e. The molecule has 0 radical (unpaired) electrons. The van der Waals surface area contributed by atoms with Gasteiger partial charge in [-0.25, -0.2) is 35.1 Å². The van der Waals surface area contributed by atoms with Gasteiger partial charge in [-0.3, -0.25) is 0 Å². The van der Waals surface area contributed by atoms with Crippen molar-refractivity contribution in [3.63, 3.8) is 0 Å². The zero-order valence-electron chi connectivity index (χ0n) is 20.0. The number of hydrogen-bond acceptors (Lipinski definition) is 6. The highest BCUT2D eigenvalue weighted by atomic mass is 32.2. The van der Waals surface area contributed by atoms with Crippen LogP contribution in [0.2, 0.25) is 0 Å². The van der Waals surface area contributed by atoms with E-state index in [2.05, 4.69) is 84.8 Å². The first kappa shape index (κ1) is 30.2. The van der Waals surface area contributed by atoms with Crippen molar-refractivity contribution in [3.05, 3.63) is 36.4 Å². The van der Waals surface area contributed by atoms with Gasteiger partial charge in [-0.1, -0.05) is 26.7 Å². The number of hydrogen-bond donors (Lipinski definition) is 0. The van der Waals surface area contributed by atoms with E-state index in [1.54, 1.807) is 0 Å². The van der Waals surface area contributed by atoms with Crippen molar-refractivity contribution in [2.24, 2.45) is 14.1 Å². The summed E-state index contributed by atoms with van der Waals surface area (Å²) in [7, 11) is -5.01. The van der Waals surface area contributed by atoms with Gasteiger partial charge in [-0.05, 0) is 12.8 Å². The predicted octanol–water partition coefficient (Wildman–Crippen LogP) is 0.919. The maximum absolute atomic E-state index is 9.72. The minimum atomic E-state index is -4.59. The van der Waals surface area contributed by atoms with E-state index >= 15 is 0 Å². The van der Waals surface area contributed by atoms with Crippen molar-refractivity contribution in [1.29, 1.82) is 0 Å². The lowest BCUT2D eigenvalue weighted by Gasteiger charge is -2.08. The Morgan fingerprint density at radius 2 is 1.06 bits per heavy atom. The monoisotopic (exact) mass is 494 g/mol. The Balaban J connectivity index is 0.000000452. The molecule has 0 fully saturated rings. The van der Waals surface area contributed by atoms with Crippen molar-refractivity contribution in [1.82, 2.24) is 9.13 Å². The van der Waals surface area contributed by atoms with Gasteiger partial charge in [-0.2, -0.15) is 0 Å². The number of nitrogens with zero attached hydrogens (tertiary/aromatic N) is 4. The molecule has 0 bridgehead atoms. The first-order chi connectivity index (χ1) is 14.7. The zero-order valence-corrected chi connectivity index (χ0v) is 21.7. The van der Waals surface area contributed by atoms with Crippen LogP contribution < -0.4 is 9.13 Å². The third-order valence-corrected chi connectivity index (χ3v) is 6.55. The highest BCUT2D eigenvalue weighted by molar-refractivity contribution is 7.89. The minimum absolute atomic E-state index is 1.15. The second-order valence-electron chi connectivity index (χ2n) is 7.53. The average molecular weight is 495 g/mol. The van der Waals surface area contributed by atoms with Gasteiger partial charge in [0.15, 0.2) is 0 Å². The Morgan fingerprint density at radius 1 is 0.750 bits per heavy atom. The molecule has 0 atom stereocenters. The molecule has 2 rings (SSSR count). The molecule has 32 heavy (non-hydrogen) atoms. The topological polar surface area (TPSA) is 132 Å². The molecule has 12 heteroatoms. The first-order valence-electron chi connectivity index (χ1n) is 10.6. The van der Waals surface area contributed by atoms with E-state index in [-0.39, 0.29) is 0 Å². The van der Waals surface area contributed by atoms with Crippen LogP contribution in [0.3, 0.4) is 0 Å². The molecule has 0 N–H and O–H groups in total. The maximum atomic E-state index is 9.72. The molecule has 0 aliphatic heterocycles. The van der Waals surface area contributed by atoms with Crippen molar-refractivity contribution < 1.29 is 35.1 Å². The third-order valence-electron chi connectivity index (χ3n) is 4.88. The standard InChI is InChI=1S/2C9H17N2.C2H6O6S2/c2*1-4-5-6-11-8-7-10(3)9(11)2;3-9(4,5)1-2-10(6,7)8/h2*7-8H,4-6H2,1-3H3;1-2H2,(H,3,4,5)(H,6,7,8)/q2*+1;/p-2. The molecule has 2 heterocycles. The highest BCUT2D eigenvalue weighted by Gasteiger charge is 2.07. The molecule has 186 valence electrons. The van der Waals surface area contributed by atoms with Gasteiger partial charge in [0.05, 0.1) is 58.9 Å². The molecule has 2 aromatic rings. The number of aromatic nitrogens is 4. The summed E-state index contributed by atoms with van der Waals surface area (Å²) in [6, 6.07) is 0. The van der Waals surface area contributed by atoms with Gasteiger partial charge >= 0.3 is 0 Å². The van der Waals surface area contributed by atoms with Crippen molar-refractivity contribution in [3.8, 4) is 0 Å². The van der Waals surface area contributed by atoms with Crippen molar-refractivity contribution in [2.75, 3.05) is 11.5 Å². The van der Waals surface area contributed by atoms with Crippen LogP contribution in [0.15, 0.2) is 24.8 Å². The fourth-order valence-electron chi connectivity index (χ4n) is 2.53. The van der Waals surface area contributed by atoms with Crippen LogP contribution in [0.5, 0.6) is 0 Å². The number of unbranched alkanes of at least 4 members (excludes halogenated alkanes) is 2. The van der Waals surface area contributed by atoms with Crippen LogP contribution >= 0.6 is 0 Å². The molecule has 0 aromatic carbocycles. The summed E-state index contributed by atoms with van der Waals surface area (Å²) in [5.41, 5.74) is 0. The summed E-state index contributed by atoms with van der Waals surface area (Å²) >= 11 is 0. The lowest BCUT2D eigenvalue weighted by Crippen LogP contribution is -2.29. The molecule has 0 aliphatic rings. The highest BCUT2D eigenvalue weighted by Crippen LogP contribution is 1.98. The van der Waals surface area contributed by atoms with Gasteiger partial charge in [0.1, 0.15) is 24.8 Å². The third kappa shape index (κ3) is 13.6. The van der Waals surface area contributed by atoms with Gasteiger partial charge in [0.25, 0.3) is 11.6 Å². The maximum Gasteiger partial charge on any atom is 0.253 e. The zero-order chi connectivity index (χ0) is 24.9. The molecule has 0 spiro atoms. The molecule has 0 saturated heterocycles. The van der Waals surface area contributed by atoms with Crippen LogP contribution in [-0.2, 0) is 47.4 Å². The van der Waals surface area contributed by atoms with E-state index in [0.29, 0.717) is 0 Å². The summed E-state index contributed by atoms with van der Waals surface area (Å²) in [6.07, 6.45) is 13.6. The molecule has 10 nitrogen and oxygen atoms in total. The van der Waals surface area contributed by atoms with E-state index in [0.717, 1.165) is 13.1 Å². The van der Waals surface area contributed by atoms with Crippen LogP contribution in [0, 0.1) is 13.8 Å². The first-order valence-corrected chi connectivity index (χ1v) is 13.8. The molecule has 2 aromatic heterocycles. The van der Waals surface area contributed by atoms with Crippen LogP contribution in [-0.4, -0.2) is 46.6 Å². The number of imidazole rings is 2. The lowest BCUT2D eigenvalue weighted by atomic mass is 10.3. The Morgan fingerprint density at radius 3 is 1.25 bits per heavy atom. The molecule has 0 aliphatic carbocycles. The van der Waals surface area contributed by atoms with E-state index in [1.165, 1.54) is 37.3 Å². The summed E-state index contributed by atoms with van der Waals surface area (Å²) < 4.78 is 67.2. The Kier molecular flexibility index (Phi) is 13.6. The van der Waals surface area contributed by atoms with Crippen molar-refractivity contribution >= 4 is 20.2 Å². The normalized spacial score (nSPS) is 11.4. The van der Waals surface area contributed by atoms with Crippen LogP contribution in [0.25, 0.3) is 0 Å².